The van der Waals surface area contributed by atoms with Crippen molar-refractivity contribution in [1.29, 1.82) is 0 Å². The predicted molar refractivity (Wildman–Crippen MR) is 87.4 cm³/mol. The van der Waals surface area contributed by atoms with E-state index < -0.39 is 0 Å². The third-order valence-corrected chi connectivity index (χ3v) is 3.74. The summed E-state index contributed by atoms with van der Waals surface area (Å²) >= 11 is 12.3. The molecule has 3 nitrogen and oxygen atoms in total. The quantitative estimate of drug-likeness (QED) is 0.850. The van der Waals surface area contributed by atoms with Gasteiger partial charge in [-0.2, -0.15) is 0 Å². The first kappa shape index (κ1) is 16.1. The molecule has 2 rings (SSSR count). The molecular formula is C16H18Cl2N2O. The van der Waals surface area contributed by atoms with E-state index in [4.69, 9.17) is 27.9 Å². The molecule has 1 aromatic heterocycles. The van der Waals surface area contributed by atoms with Crippen LogP contribution in [0.1, 0.15) is 30.5 Å². The maximum atomic E-state index is 6.35. The van der Waals surface area contributed by atoms with Crippen LogP contribution < -0.4 is 10.1 Å². The lowest BCUT2D eigenvalue weighted by Crippen LogP contribution is -2.23. The van der Waals surface area contributed by atoms with Crippen LogP contribution in [0.5, 0.6) is 5.75 Å². The Morgan fingerprint density at radius 1 is 1.24 bits per heavy atom. The highest BCUT2D eigenvalue weighted by molar-refractivity contribution is 6.35. The summed E-state index contributed by atoms with van der Waals surface area (Å²) in [7, 11) is 1.63. The number of benzene rings is 1. The van der Waals surface area contributed by atoms with Crippen LogP contribution >= 0.6 is 23.2 Å². The van der Waals surface area contributed by atoms with Crippen molar-refractivity contribution < 1.29 is 4.74 Å². The van der Waals surface area contributed by atoms with Gasteiger partial charge in [0.15, 0.2) is 0 Å². The van der Waals surface area contributed by atoms with E-state index in [0.29, 0.717) is 10.0 Å². The van der Waals surface area contributed by atoms with Crippen molar-refractivity contribution in [3.05, 3.63) is 57.8 Å². The fraction of sp³-hybridized carbons (Fsp3) is 0.312. The summed E-state index contributed by atoms with van der Waals surface area (Å²) in [6.07, 6.45) is 4.53. The first-order valence-corrected chi connectivity index (χ1v) is 7.58. The van der Waals surface area contributed by atoms with E-state index >= 15 is 0 Å². The summed E-state index contributed by atoms with van der Waals surface area (Å²) in [5, 5.41) is 4.76. The average molecular weight is 325 g/mol. The number of methoxy groups -OCH3 is 1. The van der Waals surface area contributed by atoms with Gasteiger partial charge in [-0.15, -0.1) is 0 Å². The molecule has 21 heavy (non-hydrogen) atoms. The van der Waals surface area contributed by atoms with Crippen LogP contribution in [0.4, 0.5) is 0 Å². The van der Waals surface area contributed by atoms with E-state index in [1.165, 1.54) is 0 Å². The van der Waals surface area contributed by atoms with Crippen LogP contribution in [0, 0.1) is 0 Å². The van der Waals surface area contributed by atoms with E-state index in [1.54, 1.807) is 19.4 Å². The van der Waals surface area contributed by atoms with Crippen LogP contribution in [0.3, 0.4) is 0 Å². The third-order valence-electron chi connectivity index (χ3n) is 3.18. The number of hydrogen-bond donors (Lipinski definition) is 1. The Morgan fingerprint density at radius 3 is 2.71 bits per heavy atom. The summed E-state index contributed by atoms with van der Waals surface area (Å²) in [5.74, 6) is 0.723. The number of nitrogens with one attached hydrogen (secondary N) is 1. The molecule has 5 heteroatoms. The normalized spacial score (nSPS) is 12.2. The summed E-state index contributed by atoms with van der Waals surface area (Å²) in [6, 6.07) is 7.46. The van der Waals surface area contributed by atoms with Gasteiger partial charge >= 0.3 is 0 Å². The summed E-state index contributed by atoms with van der Waals surface area (Å²) in [6.45, 7) is 3.00. The van der Waals surface area contributed by atoms with Crippen LogP contribution in [0.25, 0.3) is 0 Å². The van der Waals surface area contributed by atoms with Gasteiger partial charge in [-0.3, -0.25) is 4.98 Å². The van der Waals surface area contributed by atoms with E-state index in [0.717, 1.165) is 29.8 Å². The molecule has 1 heterocycles. The van der Waals surface area contributed by atoms with Crippen molar-refractivity contribution in [2.75, 3.05) is 13.7 Å². The highest BCUT2D eigenvalue weighted by Gasteiger charge is 2.17. The fourth-order valence-corrected chi connectivity index (χ4v) is 2.65. The van der Waals surface area contributed by atoms with Gasteiger partial charge < -0.3 is 10.1 Å². The zero-order chi connectivity index (χ0) is 15.2. The number of halogens is 2. The highest BCUT2D eigenvalue weighted by atomic mass is 35.5. The number of rotatable bonds is 6. The first-order valence-electron chi connectivity index (χ1n) is 6.83. The molecule has 1 unspecified atom stereocenters. The summed E-state index contributed by atoms with van der Waals surface area (Å²) in [4.78, 5) is 4.22. The number of ether oxygens (including phenoxy) is 1. The highest BCUT2D eigenvalue weighted by Crippen LogP contribution is 2.31. The number of hydrogen-bond acceptors (Lipinski definition) is 3. The molecule has 0 fully saturated rings. The molecule has 0 radical (unpaired) electrons. The maximum Gasteiger partial charge on any atom is 0.137 e. The molecule has 0 saturated heterocycles. The lowest BCUT2D eigenvalue weighted by Gasteiger charge is -2.21. The van der Waals surface area contributed by atoms with Gasteiger partial charge in [-0.1, -0.05) is 36.2 Å². The second-order valence-corrected chi connectivity index (χ2v) is 5.55. The average Bonchev–Trinajstić information content (AvgIpc) is 2.49. The minimum atomic E-state index is -0.0442. The van der Waals surface area contributed by atoms with E-state index in [9.17, 15) is 0 Å². The molecule has 0 spiro atoms. The molecule has 0 aliphatic rings. The number of pyridine rings is 1. The lowest BCUT2D eigenvalue weighted by atomic mass is 9.99. The van der Waals surface area contributed by atoms with Gasteiger partial charge in [0.05, 0.1) is 19.3 Å². The van der Waals surface area contributed by atoms with Crippen molar-refractivity contribution >= 4 is 23.2 Å². The van der Waals surface area contributed by atoms with Crippen LogP contribution in [0.15, 0.2) is 36.7 Å². The zero-order valence-electron chi connectivity index (χ0n) is 12.1. The molecule has 1 aromatic carbocycles. The van der Waals surface area contributed by atoms with E-state index in [-0.39, 0.29) is 6.04 Å². The van der Waals surface area contributed by atoms with Gasteiger partial charge in [-0.25, -0.2) is 0 Å². The number of nitrogens with zero attached hydrogens (tertiary/aromatic N) is 1. The number of aromatic nitrogens is 1. The smallest absolute Gasteiger partial charge is 0.137 e. The molecule has 2 aromatic rings. The zero-order valence-corrected chi connectivity index (χ0v) is 13.6. The molecule has 0 saturated carbocycles. The molecule has 1 N–H and O–H groups in total. The second kappa shape index (κ2) is 7.64. The van der Waals surface area contributed by atoms with Crippen molar-refractivity contribution in [2.45, 2.75) is 19.4 Å². The van der Waals surface area contributed by atoms with Crippen LogP contribution in [-0.4, -0.2) is 18.6 Å². The topological polar surface area (TPSA) is 34.2 Å². The molecule has 112 valence electrons. The van der Waals surface area contributed by atoms with Crippen LogP contribution in [0.2, 0.25) is 10.0 Å². The van der Waals surface area contributed by atoms with Gasteiger partial charge in [0, 0.05) is 16.2 Å². The fourth-order valence-electron chi connectivity index (χ4n) is 2.14. The minimum absolute atomic E-state index is 0.0442. The van der Waals surface area contributed by atoms with Crippen molar-refractivity contribution in [2.24, 2.45) is 0 Å². The Balaban J connectivity index is 2.41. The van der Waals surface area contributed by atoms with Gasteiger partial charge in [0.25, 0.3) is 0 Å². The minimum Gasteiger partial charge on any atom is -0.495 e. The van der Waals surface area contributed by atoms with Crippen LogP contribution in [-0.2, 0) is 0 Å². The summed E-state index contributed by atoms with van der Waals surface area (Å²) in [5.41, 5.74) is 1.98. The van der Waals surface area contributed by atoms with E-state index in [2.05, 4.69) is 17.2 Å². The predicted octanol–water partition coefficient (Wildman–Crippen LogP) is 4.49. The molecule has 1 atom stereocenters. The lowest BCUT2D eigenvalue weighted by molar-refractivity contribution is 0.411. The van der Waals surface area contributed by atoms with E-state index in [1.807, 2.05) is 24.4 Å². The molecule has 0 amide bonds. The third kappa shape index (κ3) is 4.10. The summed E-state index contributed by atoms with van der Waals surface area (Å²) < 4.78 is 5.25. The molecule has 0 aliphatic heterocycles. The first-order chi connectivity index (χ1) is 10.2. The van der Waals surface area contributed by atoms with Crippen molar-refractivity contribution in [1.82, 2.24) is 10.3 Å². The van der Waals surface area contributed by atoms with Crippen molar-refractivity contribution in [3.8, 4) is 5.75 Å². The van der Waals surface area contributed by atoms with Crippen molar-refractivity contribution in [3.63, 3.8) is 0 Å². The van der Waals surface area contributed by atoms with Gasteiger partial charge in [0.1, 0.15) is 5.75 Å². The Bertz CT molecular complexity index is 605. The monoisotopic (exact) mass is 324 g/mol. The molecular weight excluding hydrogens is 307 g/mol. The Labute approximate surface area is 135 Å². The molecule has 0 bridgehead atoms. The van der Waals surface area contributed by atoms with Gasteiger partial charge in [-0.05, 0) is 42.3 Å². The SMILES string of the molecule is CCCNC(c1cncc(OC)c1)c1ccc(Cl)cc1Cl. The standard InChI is InChI=1S/C16H18Cl2N2O/c1-3-6-20-16(11-7-13(21-2)10-19-9-11)14-5-4-12(17)8-15(14)18/h4-5,7-10,16,20H,3,6H2,1-2H3. The Hall–Kier alpha value is -1.29. The second-order valence-electron chi connectivity index (χ2n) is 4.71. The van der Waals surface area contributed by atoms with Gasteiger partial charge in [0.2, 0.25) is 0 Å². The molecule has 0 aliphatic carbocycles. The maximum absolute atomic E-state index is 6.35. The largest absolute Gasteiger partial charge is 0.495 e. The Morgan fingerprint density at radius 2 is 2.05 bits per heavy atom. The Kier molecular flexibility index (Phi) is 5.85.